The topological polar surface area (TPSA) is 71.7 Å². The largest absolute Gasteiger partial charge is 0.480 e. The molecular formula is C29H18N4OS. The van der Waals surface area contributed by atoms with Gasteiger partial charge in [0.15, 0.2) is 0 Å². The van der Waals surface area contributed by atoms with Crippen molar-refractivity contribution in [2.24, 2.45) is 0 Å². The van der Waals surface area contributed by atoms with Gasteiger partial charge in [-0.15, -0.1) is 21.5 Å². The van der Waals surface area contributed by atoms with Crippen LogP contribution in [0.4, 0.5) is 0 Å². The first-order valence-electron chi connectivity index (χ1n) is 11.1. The number of ether oxygens (including phenoxy) is 1. The molecule has 0 aliphatic rings. The molecule has 0 saturated heterocycles. The number of nitrogens with zero attached hydrogens (tertiary/aromatic N) is 4. The Morgan fingerprint density at radius 3 is 1.89 bits per heavy atom. The molecule has 0 N–H and O–H groups in total. The van der Waals surface area contributed by atoms with Gasteiger partial charge in [0.2, 0.25) is 5.88 Å². The molecule has 0 unspecified atom stereocenters. The van der Waals surface area contributed by atoms with Crippen LogP contribution in [0.15, 0.2) is 91.0 Å². The predicted octanol–water partition coefficient (Wildman–Crippen LogP) is 7.12. The number of pyridine rings is 1. The van der Waals surface area contributed by atoms with Crippen molar-refractivity contribution in [3.05, 3.63) is 96.6 Å². The average molecular weight is 471 g/mol. The minimum Gasteiger partial charge on any atom is -0.480 e. The highest BCUT2D eigenvalue weighted by Crippen LogP contribution is 2.47. The van der Waals surface area contributed by atoms with Gasteiger partial charge in [-0.25, -0.2) is 4.98 Å². The van der Waals surface area contributed by atoms with Crippen LogP contribution >= 0.6 is 11.3 Å². The lowest BCUT2D eigenvalue weighted by molar-refractivity contribution is 0.398. The van der Waals surface area contributed by atoms with Gasteiger partial charge in [0.1, 0.15) is 22.2 Å². The summed E-state index contributed by atoms with van der Waals surface area (Å²) in [6.07, 6.45) is 0. The van der Waals surface area contributed by atoms with Crippen LogP contribution < -0.4 is 4.74 Å². The van der Waals surface area contributed by atoms with E-state index in [0.29, 0.717) is 11.4 Å². The molecule has 0 saturated carbocycles. The highest BCUT2D eigenvalue weighted by atomic mass is 32.1. The number of hydrogen-bond donors (Lipinski definition) is 0. The first-order chi connectivity index (χ1) is 17.3. The molecule has 6 rings (SSSR count). The van der Waals surface area contributed by atoms with Crippen molar-refractivity contribution in [1.29, 1.82) is 5.26 Å². The summed E-state index contributed by atoms with van der Waals surface area (Å²) in [6.45, 7) is 0. The normalized spacial score (nSPS) is 11.0. The van der Waals surface area contributed by atoms with Crippen LogP contribution in [-0.2, 0) is 0 Å². The Labute approximate surface area is 205 Å². The van der Waals surface area contributed by atoms with E-state index in [4.69, 9.17) is 9.72 Å². The van der Waals surface area contributed by atoms with E-state index in [-0.39, 0.29) is 0 Å². The molecule has 5 nitrogen and oxygen atoms in total. The van der Waals surface area contributed by atoms with Gasteiger partial charge in [0.25, 0.3) is 0 Å². The molecule has 0 spiro atoms. The van der Waals surface area contributed by atoms with Crippen LogP contribution in [0.25, 0.3) is 53.9 Å². The fourth-order valence-electron chi connectivity index (χ4n) is 4.44. The molecule has 0 fully saturated rings. The maximum atomic E-state index is 10.1. The van der Waals surface area contributed by atoms with Gasteiger partial charge in [-0.3, -0.25) is 0 Å². The highest BCUT2D eigenvalue weighted by molar-refractivity contribution is 7.26. The van der Waals surface area contributed by atoms with Gasteiger partial charge in [0, 0.05) is 22.1 Å². The summed E-state index contributed by atoms with van der Waals surface area (Å²) < 4.78 is 6.51. The molecule has 0 amide bonds. The van der Waals surface area contributed by atoms with Gasteiger partial charge in [0.05, 0.1) is 17.3 Å². The van der Waals surface area contributed by atoms with E-state index in [0.717, 1.165) is 53.9 Å². The Morgan fingerprint density at radius 2 is 1.31 bits per heavy atom. The number of nitriles is 1. The lowest BCUT2D eigenvalue weighted by Crippen LogP contribution is -1.97. The van der Waals surface area contributed by atoms with Crippen molar-refractivity contribution in [1.82, 2.24) is 15.2 Å². The van der Waals surface area contributed by atoms with Crippen molar-refractivity contribution in [3.8, 4) is 45.5 Å². The van der Waals surface area contributed by atoms with Crippen LogP contribution in [0.1, 0.15) is 5.56 Å². The van der Waals surface area contributed by atoms with Gasteiger partial charge in [-0.2, -0.15) is 5.26 Å². The Kier molecular flexibility index (Phi) is 5.17. The van der Waals surface area contributed by atoms with E-state index in [9.17, 15) is 5.26 Å². The molecule has 3 aromatic heterocycles. The molecule has 0 bridgehead atoms. The second-order valence-electron chi connectivity index (χ2n) is 7.96. The third-order valence-electron chi connectivity index (χ3n) is 5.97. The lowest BCUT2D eigenvalue weighted by atomic mass is 9.95. The molecule has 6 heteroatoms. The summed E-state index contributed by atoms with van der Waals surface area (Å²) in [6, 6.07) is 32.4. The molecule has 166 valence electrons. The molecule has 0 aliphatic heterocycles. The standard InChI is InChI=1S/C29H18N4OS/c1-34-28-21(17-30)22(18-11-5-2-6-12-18)27-26(31-28)24-23(19-13-7-3-8-14-19)25(32-33-29(24)35-27)20-15-9-4-10-16-20/h2-16H,1H3. The molecule has 3 aromatic carbocycles. The van der Waals surface area contributed by atoms with Crippen LogP contribution in [0.3, 0.4) is 0 Å². The summed E-state index contributed by atoms with van der Waals surface area (Å²) in [5.41, 5.74) is 6.65. The fraction of sp³-hybridized carbons (Fsp3) is 0.0345. The summed E-state index contributed by atoms with van der Waals surface area (Å²) >= 11 is 1.50. The Hall–Kier alpha value is -4.60. The molecule has 0 radical (unpaired) electrons. The Balaban J connectivity index is 1.82. The molecular weight excluding hydrogens is 452 g/mol. The van der Waals surface area contributed by atoms with E-state index >= 15 is 0 Å². The zero-order valence-corrected chi connectivity index (χ0v) is 19.6. The SMILES string of the molecule is COc1nc2c(sc3nnc(-c4ccccc4)c(-c4ccccc4)c32)c(-c2ccccc2)c1C#N. The number of hydrogen-bond acceptors (Lipinski definition) is 6. The van der Waals surface area contributed by atoms with E-state index < -0.39 is 0 Å². The number of thiophene rings is 1. The van der Waals surface area contributed by atoms with E-state index in [2.05, 4.69) is 28.4 Å². The first kappa shape index (κ1) is 21.0. The zero-order valence-electron chi connectivity index (χ0n) is 18.8. The maximum Gasteiger partial charge on any atom is 0.232 e. The molecule has 3 heterocycles. The number of rotatable bonds is 4. The zero-order chi connectivity index (χ0) is 23.8. The van der Waals surface area contributed by atoms with Crippen molar-refractivity contribution in [3.63, 3.8) is 0 Å². The van der Waals surface area contributed by atoms with E-state index in [1.807, 2.05) is 78.9 Å². The molecule has 35 heavy (non-hydrogen) atoms. The number of methoxy groups -OCH3 is 1. The van der Waals surface area contributed by atoms with Gasteiger partial charge >= 0.3 is 0 Å². The van der Waals surface area contributed by atoms with Gasteiger partial charge < -0.3 is 4.74 Å². The third-order valence-corrected chi connectivity index (χ3v) is 7.05. The van der Waals surface area contributed by atoms with Crippen molar-refractivity contribution < 1.29 is 4.74 Å². The number of fused-ring (bicyclic) bond motifs is 3. The highest BCUT2D eigenvalue weighted by Gasteiger charge is 2.25. The summed E-state index contributed by atoms with van der Waals surface area (Å²) in [7, 11) is 1.55. The van der Waals surface area contributed by atoms with Crippen molar-refractivity contribution in [2.45, 2.75) is 0 Å². The maximum absolute atomic E-state index is 10.1. The van der Waals surface area contributed by atoms with Crippen LogP contribution in [0.2, 0.25) is 0 Å². The first-order valence-corrected chi connectivity index (χ1v) is 11.9. The van der Waals surface area contributed by atoms with Gasteiger partial charge in [-0.05, 0) is 11.1 Å². The minimum absolute atomic E-state index is 0.302. The van der Waals surface area contributed by atoms with Crippen molar-refractivity contribution >= 4 is 31.8 Å². The van der Waals surface area contributed by atoms with E-state index in [1.165, 1.54) is 11.3 Å². The smallest absolute Gasteiger partial charge is 0.232 e. The quantitative estimate of drug-likeness (QED) is 0.274. The van der Waals surface area contributed by atoms with Crippen LogP contribution in [-0.4, -0.2) is 22.3 Å². The lowest BCUT2D eigenvalue weighted by Gasteiger charge is -2.12. The van der Waals surface area contributed by atoms with Crippen LogP contribution in [0.5, 0.6) is 5.88 Å². The molecule has 0 atom stereocenters. The fourth-order valence-corrected chi connectivity index (χ4v) is 5.58. The molecule has 0 aliphatic carbocycles. The summed E-state index contributed by atoms with van der Waals surface area (Å²) in [5, 5.41) is 20.3. The number of aromatic nitrogens is 3. The van der Waals surface area contributed by atoms with Crippen molar-refractivity contribution in [2.75, 3.05) is 7.11 Å². The van der Waals surface area contributed by atoms with Crippen LogP contribution in [0, 0.1) is 11.3 Å². The predicted molar refractivity (Wildman–Crippen MR) is 140 cm³/mol. The third kappa shape index (κ3) is 3.41. The second-order valence-corrected chi connectivity index (χ2v) is 8.96. The second kappa shape index (κ2) is 8.64. The van der Waals surface area contributed by atoms with E-state index in [1.54, 1.807) is 7.11 Å². The Morgan fingerprint density at radius 1 is 0.743 bits per heavy atom. The monoisotopic (exact) mass is 470 g/mol. The molecule has 6 aromatic rings. The van der Waals surface area contributed by atoms with Gasteiger partial charge in [-0.1, -0.05) is 91.0 Å². The number of benzene rings is 3. The average Bonchev–Trinajstić information content (AvgIpc) is 3.31. The summed E-state index contributed by atoms with van der Waals surface area (Å²) in [5.74, 6) is 0.302. The summed E-state index contributed by atoms with van der Waals surface area (Å²) in [4.78, 5) is 5.62. The minimum atomic E-state index is 0.302. The Bertz CT molecular complexity index is 1720.